The van der Waals surface area contributed by atoms with Gasteiger partial charge in [-0.2, -0.15) is 0 Å². The Morgan fingerprint density at radius 2 is 2.14 bits per heavy atom. The lowest BCUT2D eigenvalue weighted by molar-refractivity contribution is -0.145. The van der Waals surface area contributed by atoms with Gasteiger partial charge >= 0.3 is 5.97 Å². The summed E-state index contributed by atoms with van der Waals surface area (Å²) in [6.07, 6.45) is 3.11. The summed E-state index contributed by atoms with van der Waals surface area (Å²) >= 11 is 0. The zero-order valence-electron chi connectivity index (χ0n) is 9.22. The monoisotopic (exact) mass is 197 g/mol. The van der Waals surface area contributed by atoms with Crippen molar-refractivity contribution in [2.75, 3.05) is 6.54 Å². The summed E-state index contributed by atoms with van der Waals surface area (Å²) in [6, 6.07) is 0. The van der Waals surface area contributed by atoms with Gasteiger partial charge in [-0.1, -0.05) is 0 Å². The van der Waals surface area contributed by atoms with Crippen LogP contribution in [0.1, 0.15) is 40.0 Å². The topological polar surface area (TPSA) is 38.3 Å². The lowest BCUT2D eigenvalue weighted by Gasteiger charge is -2.22. The fraction of sp³-hybridized carbons (Fsp3) is 0.909. The fourth-order valence-corrected chi connectivity index (χ4v) is 1.93. The molecule has 1 aliphatic heterocycles. The maximum Gasteiger partial charge on any atom is 0.312 e. The van der Waals surface area contributed by atoms with Crippen LogP contribution in [0.3, 0.4) is 0 Å². The first-order valence-electron chi connectivity index (χ1n) is 5.37. The number of ether oxygens (including phenoxy) is 1. The van der Waals surface area contributed by atoms with E-state index in [2.05, 4.69) is 26.1 Å². The van der Waals surface area contributed by atoms with Gasteiger partial charge in [0.15, 0.2) is 0 Å². The van der Waals surface area contributed by atoms with Crippen LogP contribution < -0.4 is 5.32 Å². The molecule has 1 unspecified atom stereocenters. The Bertz CT molecular complexity index is 251. The summed E-state index contributed by atoms with van der Waals surface area (Å²) in [4.78, 5) is 11.4. The number of hydrogen-bond donors (Lipinski definition) is 1. The molecule has 3 nitrogen and oxygen atoms in total. The van der Waals surface area contributed by atoms with Crippen molar-refractivity contribution in [3.05, 3.63) is 0 Å². The van der Waals surface area contributed by atoms with Gasteiger partial charge in [-0.05, 0) is 33.6 Å². The lowest BCUT2D eigenvalue weighted by atomic mass is 10.0. The molecule has 2 aliphatic rings. The smallest absolute Gasteiger partial charge is 0.312 e. The van der Waals surface area contributed by atoms with Crippen molar-refractivity contribution < 1.29 is 9.53 Å². The van der Waals surface area contributed by atoms with Crippen LogP contribution in [-0.4, -0.2) is 24.2 Å². The second-order valence-corrected chi connectivity index (χ2v) is 5.64. The predicted molar refractivity (Wildman–Crippen MR) is 53.9 cm³/mol. The molecule has 1 heterocycles. The van der Waals surface area contributed by atoms with E-state index < -0.39 is 0 Å². The van der Waals surface area contributed by atoms with Crippen LogP contribution >= 0.6 is 0 Å². The molecule has 14 heavy (non-hydrogen) atoms. The standard InChI is InChI=1S/C11H19NO2/c1-10(2,3)12-7-8-6-11(4-5-11)9(13)14-8/h8,12H,4-7H2,1-3H3. The van der Waals surface area contributed by atoms with E-state index in [1.807, 2.05) is 0 Å². The molecule has 0 bridgehead atoms. The molecule has 1 spiro atoms. The lowest BCUT2D eigenvalue weighted by Crippen LogP contribution is -2.40. The van der Waals surface area contributed by atoms with Crippen molar-refractivity contribution in [2.24, 2.45) is 5.41 Å². The van der Waals surface area contributed by atoms with Crippen molar-refractivity contribution >= 4 is 5.97 Å². The van der Waals surface area contributed by atoms with E-state index in [1.165, 1.54) is 0 Å². The number of nitrogens with one attached hydrogen (secondary N) is 1. The van der Waals surface area contributed by atoms with Gasteiger partial charge in [0.2, 0.25) is 0 Å². The van der Waals surface area contributed by atoms with Crippen molar-refractivity contribution in [3.8, 4) is 0 Å². The summed E-state index contributed by atoms with van der Waals surface area (Å²) in [6.45, 7) is 7.15. The van der Waals surface area contributed by atoms with E-state index in [1.54, 1.807) is 0 Å². The zero-order chi connectivity index (χ0) is 10.4. The van der Waals surface area contributed by atoms with Gasteiger partial charge in [-0.25, -0.2) is 0 Å². The van der Waals surface area contributed by atoms with Crippen LogP contribution in [0, 0.1) is 5.41 Å². The largest absolute Gasteiger partial charge is 0.461 e. The summed E-state index contributed by atoms with van der Waals surface area (Å²) in [5, 5.41) is 3.37. The normalized spacial score (nSPS) is 29.4. The predicted octanol–water partition coefficient (Wildman–Crippen LogP) is 1.47. The Kier molecular flexibility index (Phi) is 2.11. The van der Waals surface area contributed by atoms with E-state index in [9.17, 15) is 4.79 Å². The van der Waals surface area contributed by atoms with E-state index in [0.29, 0.717) is 0 Å². The average Bonchev–Trinajstić information content (AvgIpc) is 2.72. The molecular weight excluding hydrogens is 178 g/mol. The molecule has 80 valence electrons. The van der Waals surface area contributed by atoms with E-state index >= 15 is 0 Å². The third-order valence-corrected chi connectivity index (χ3v) is 3.04. The van der Waals surface area contributed by atoms with Crippen LogP contribution in [0.2, 0.25) is 0 Å². The van der Waals surface area contributed by atoms with Crippen molar-refractivity contribution in [2.45, 2.75) is 51.7 Å². The third-order valence-electron chi connectivity index (χ3n) is 3.04. The van der Waals surface area contributed by atoms with Crippen LogP contribution in [0.15, 0.2) is 0 Å². The average molecular weight is 197 g/mol. The molecule has 0 aromatic heterocycles. The molecule has 1 saturated heterocycles. The number of rotatable bonds is 2. The van der Waals surface area contributed by atoms with Gasteiger partial charge < -0.3 is 10.1 Å². The first kappa shape index (κ1) is 9.97. The molecule has 0 radical (unpaired) electrons. The Labute approximate surface area is 85.2 Å². The van der Waals surface area contributed by atoms with Gasteiger partial charge in [-0.3, -0.25) is 4.79 Å². The molecule has 1 atom stereocenters. The Morgan fingerprint density at radius 3 is 2.57 bits per heavy atom. The van der Waals surface area contributed by atoms with Crippen molar-refractivity contribution in [1.29, 1.82) is 0 Å². The highest BCUT2D eigenvalue weighted by Crippen LogP contribution is 2.54. The van der Waals surface area contributed by atoms with Gasteiger partial charge in [0.1, 0.15) is 6.10 Å². The van der Waals surface area contributed by atoms with Crippen molar-refractivity contribution in [3.63, 3.8) is 0 Å². The van der Waals surface area contributed by atoms with E-state index in [4.69, 9.17) is 4.74 Å². The minimum atomic E-state index is -0.0514. The van der Waals surface area contributed by atoms with Crippen LogP contribution in [0.5, 0.6) is 0 Å². The fourth-order valence-electron chi connectivity index (χ4n) is 1.93. The molecule has 0 aromatic carbocycles. The molecule has 3 heteroatoms. The Morgan fingerprint density at radius 1 is 1.50 bits per heavy atom. The molecule has 2 rings (SSSR count). The first-order chi connectivity index (χ1) is 6.41. The van der Waals surface area contributed by atoms with Crippen LogP contribution in [-0.2, 0) is 9.53 Å². The number of hydrogen-bond acceptors (Lipinski definition) is 3. The maximum absolute atomic E-state index is 11.4. The van der Waals surface area contributed by atoms with E-state index in [-0.39, 0.29) is 23.0 Å². The highest BCUT2D eigenvalue weighted by atomic mass is 16.6. The first-order valence-corrected chi connectivity index (χ1v) is 5.37. The summed E-state index contributed by atoms with van der Waals surface area (Å²) in [5.74, 6) is 0.0400. The highest BCUT2D eigenvalue weighted by Gasteiger charge is 2.57. The summed E-state index contributed by atoms with van der Waals surface area (Å²) < 4.78 is 5.33. The number of esters is 1. The molecule has 1 N–H and O–H groups in total. The quantitative estimate of drug-likeness (QED) is 0.681. The second-order valence-electron chi connectivity index (χ2n) is 5.64. The van der Waals surface area contributed by atoms with Crippen molar-refractivity contribution in [1.82, 2.24) is 5.32 Å². The Balaban J connectivity index is 1.82. The van der Waals surface area contributed by atoms with Gasteiger partial charge in [0, 0.05) is 18.5 Å². The molecule has 1 aliphatic carbocycles. The summed E-state index contributed by atoms with van der Waals surface area (Å²) in [7, 11) is 0. The second kappa shape index (κ2) is 2.96. The molecule has 0 aromatic rings. The molecular formula is C11H19NO2. The van der Waals surface area contributed by atoms with Gasteiger partial charge in [0.25, 0.3) is 0 Å². The summed E-state index contributed by atoms with van der Waals surface area (Å²) in [5.41, 5.74) is 0.0515. The maximum atomic E-state index is 11.4. The minimum absolute atomic E-state index is 0.0400. The number of carbonyl (C=O) groups is 1. The Hall–Kier alpha value is -0.570. The SMILES string of the molecule is CC(C)(C)NCC1CC2(CC2)C(=O)O1. The highest BCUT2D eigenvalue weighted by molar-refractivity contribution is 5.82. The minimum Gasteiger partial charge on any atom is -0.461 e. The molecule has 0 amide bonds. The number of cyclic esters (lactones) is 1. The van der Waals surface area contributed by atoms with Gasteiger partial charge in [-0.15, -0.1) is 0 Å². The zero-order valence-corrected chi connectivity index (χ0v) is 9.22. The third kappa shape index (κ3) is 1.92. The van der Waals surface area contributed by atoms with Gasteiger partial charge in [0.05, 0.1) is 5.41 Å². The van der Waals surface area contributed by atoms with Crippen LogP contribution in [0.4, 0.5) is 0 Å². The van der Waals surface area contributed by atoms with Crippen LogP contribution in [0.25, 0.3) is 0 Å². The molecule has 2 fully saturated rings. The molecule has 1 saturated carbocycles. The van der Waals surface area contributed by atoms with E-state index in [0.717, 1.165) is 25.8 Å². The number of carbonyl (C=O) groups excluding carboxylic acids is 1.